The summed E-state index contributed by atoms with van der Waals surface area (Å²) >= 11 is 1.63. The molecule has 126 valence electrons. The van der Waals surface area contributed by atoms with Gasteiger partial charge in [0, 0.05) is 22.3 Å². The molecule has 1 atom stereocenters. The van der Waals surface area contributed by atoms with Gasteiger partial charge in [-0.2, -0.15) is 0 Å². The van der Waals surface area contributed by atoms with Crippen LogP contribution in [0.15, 0.2) is 53.4 Å². The molecule has 3 nitrogen and oxygen atoms in total. The minimum Gasteiger partial charge on any atom is -0.355 e. The lowest BCUT2D eigenvalue weighted by Crippen LogP contribution is -2.42. The summed E-state index contributed by atoms with van der Waals surface area (Å²) in [5.74, 6) is 1.30. The van der Waals surface area contributed by atoms with E-state index < -0.39 is 0 Å². The number of amides is 1. The fourth-order valence-corrected chi connectivity index (χ4v) is 4.15. The second kappa shape index (κ2) is 7.31. The number of carbonyl (C=O) groups excluding carboxylic acids is 1. The number of benzene rings is 2. The van der Waals surface area contributed by atoms with Gasteiger partial charge < -0.3 is 10.2 Å². The summed E-state index contributed by atoms with van der Waals surface area (Å²) in [6.45, 7) is 6.55. The van der Waals surface area contributed by atoms with Crippen LogP contribution in [0.25, 0.3) is 0 Å². The number of hydrogen-bond acceptors (Lipinski definition) is 3. The molecular formula is C20H24N2OS. The van der Waals surface area contributed by atoms with Crippen LogP contribution in [0.1, 0.15) is 27.2 Å². The molecule has 0 aromatic heterocycles. The fourth-order valence-electron chi connectivity index (χ4n) is 3.21. The van der Waals surface area contributed by atoms with Gasteiger partial charge in [-0.1, -0.05) is 32.0 Å². The second-order valence-electron chi connectivity index (χ2n) is 6.70. The van der Waals surface area contributed by atoms with Crippen molar-refractivity contribution < 1.29 is 4.79 Å². The molecule has 3 rings (SSSR count). The highest BCUT2D eigenvalue weighted by molar-refractivity contribution is 8.00. The minimum atomic E-state index is 0.212. The first-order chi connectivity index (χ1) is 11.5. The van der Waals surface area contributed by atoms with Crippen molar-refractivity contribution in [1.29, 1.82) is 0 Å². The van der Waals surface area contributed by atoms with Crippen LogP contribution >= 0.6 is 11.8 Å². The summed E-state index contributed by atoms with van der Waals surface area (Å²) in [6.07, 6.45) is 1.01. The molecule has 4 heteroatoms. The summed E-state index contributed by atoms with van der Waals surface area (Å²) in [5.41, 5.74) is 3.17. The number of hydrogen-bond donors (Lipinski definition) is 1. The molecule has 0 bridgehead atoms. The second-order valence-corrected chi connectivity index (χ2v) is 7.72. The molecule has 1 heterocycles. The Labute approximate surface area is 148 Å². The number of nitrogens with one attached hydrogen (secondary N) is 1. The smallest absolute Gasteiger partial charge is 0.237 e. The molecule has 0 saturated carbocycles. The minimum absolute atomic E-state index is 0.212. The predicted molar refractivity (Wildman–Crippen MR) is 103 cm³/mol. The Morgan fingerprint density at radius 1 is 1.08 bits per heavy atom. The quantitative estimate of drug-likeness (QED) is 0.801. The Bertz CT molecular complexity index is 715. The monoisotopic (exact) mass is 340 g/mol. The van der Waals surface area contributed by atoms with Gasteiger partial charge in [0.05, 0.1) is 11.4 Å². The van der Waals surface area contributed by atoms with Crippen LogP contribution in [0, 0.1) is 5.92 Å². The van der Waals surface area contributed by atoms with Gasteiger partial charge in [0.15, 0.2) is 0 Å². The Morgan fingerprint density at radius 3 is 2.54 bits per heavy atom. The molecule has 0 aliphatic carbocycles. The van der Waals surface area contributed by atoms with Crippen LogP contribution in [0.3, 0.4) is 0 Å². The standard InChI is InChI=1S/C20H24N2OS/c1-14(2)11-15(3)22-18-10-9-17(12-19(18)24-13-20(22)23)21-16-7-5-4-6-8-16/h4-10,12,14-15,21H,11,13H2,1-3H3. The lowest BCUT2D eigenvalue weighted by molar-refractivity contribution is -0.116. The topological polar surface area (TPSA) is 32.3 Å². The van der Waals surface area contributed by atoms with Gasteiger partial charge >= 0.3 is 0 Å². The lowest BCUT2D eigenvalue weighted by Gasteiger charge is -2.35. The molecular weight excluding hydrogens is 316 g/mol. The zero-order valence-electron chi connectivity index (χ0n) is 14.5. The summed E-state index contributed by atoms with van der Waals surface area (Å²) in [5, 5.41) is 3.42. The molecule has 1 amide bonds. The van der Waals surface area contributed by atoms with E-state index in [9.17, 15) is 4.79 Å². The molecule has 1 aliphatic rings. The van der Waals surface area contributed by atoms with Crippen molar-refractivity contribution >= 4 is 34.7 Å². The number of nitrogens with zero attached hydrogens (tertiary/aromatic N) is 1. The molecule has 0 saturated heterocycles. The first-order valence-electron chi connectivity index (χ1n) is 8.45. The van der Waals surface area contributed by atoms with E-state index in [0.29, 0.717) is 11.7 Å². The van der Waals surface area contributed by atoms with Gasteiger partial charge in [0.25, 0.3) is 0 Å². The maximum atomic E-state index is 12.4. The normalized spacial score (nSPS) is 15.3. The average Bonchev–Trinajstić information content (AvgIpc) is 2.55. The number of carbonyl (C=O) groups is 1. The summed E-state index contributed by atoms with van der Waals surface area (Å²) in [7, 11) is 0. The third-order valence-electron chi connectivity index (χ3n) is 4.15. The van der Waals surface area contributed by atoms with E-state index in [1.165, 1.54) is 4.90 Å². The van der Waals surface area contributed by atoms with Crippen molar-refractivity contribution in [3.8, 4) is 0 Å². The zero-order valence-corrected chi connectivity index (χ0v) is 15.3. The van der Waals surface area contributed by atoms with E-state index in [1.807, 2.05) is 35.2 Å². The largest absolute Gasteiger partial charge is 0.355 e. The third-order valence-corrected chi connectivity index (χ3v) is 5.18. The summed E-state index contributed by atoms with van der Waals surface area (Å²) in [4.78, 5) is 15.6. The molecule has 0 radical (unpaired) electrons. The van der Waals surface area contributed by atoms with Crippen molar-refractivity contribution in [2.75, 3.05) is 16.0 Å². The van der Waals surface area contributed by atoms with Crippen molar-refractivity contribution in [2.45, 2.75) is 38.1 Å². The number of fused-ring (bicyclic) bond motifs is 1. The highest BCUT2D eigenvalue weighted by atomic mass is 32.2. The van der Waals surface area contributed by atoms with E-state index in [0.717, 1.165) is 23.5 Å². The maximum absolute atomic E-state index is 12.4. The first kappa shape index (κ1) is 16.9. The first-order valence-corrected chi connectivity index (χ1v) is 9.44. The van der Waals surface area contributed by atoms with E-state index >= 15 is 0 Å². The number of para-hydroxylation sites is 1. The highest BCUT2D eigenvalue weighted by Crippen LogP contribution is 2.39. The van der Waals surface area contributed by atoms with E-state index in [1.54, 1.807) is 11.8 Å². The number of thioether (sulfide) groups is 1. The lowest BCUT2D eigenvalue weighted by atomic mass is 10.0. The van der Waals surface area contributed by atoms with Gasteiger partial charge in [0.1, 0.15) is 0 Å². The maximum Gasteiger partial charge on any atom is 0.237 e. The van der Waals surface area contributed by atoms with Crippen LogP contribution in [-0.2, 0) is 4.79 Å². The molecule has 1 unspecified atom stereocenters. The van der Waals surface area contributed by atoms with Crippen LogP contribution in [0.4, 0.5) is 17.1 Å². The Kier molecular flexibility index (Phi) is 5.14. The van der Waals surface area contributed by atoms with Crippen LogP contribution in [-0.4, -0.2) is 17.7 Å². The number of anilines is 3. The van der Waals surface area contributed by atoms with Crippen LogP contribution in [0.5, 0.6) is 0 Å². The van der Waals surface area contributed by atoms with Gasteiger partial charge in [-0.15, -0.1) is 11.8 Å². The van der Waals surface area contributed by atoms with Gasteiger partial charge in [-0.05, 0) is 49.6 Å². The van der Waals surface area contributed by atoms with Crippen molar-refractivity contribution in [1.82, 2.24) is 0 Å². The number of rotatable bonds is 5. The van der Waals surface area contributed by atoms with Crippen molar-refractivity contribution in [2.24, 2.45) is 5.92 Å². The molecule has 1 N–H and O–H groups in total. The average molecular weight is 340 g/mol. The molecule has 0 spiro atoms. The summed E-state index contributed by atoms with van der Waals surface area (Å²) < 4.78 is 0. The van der Waals surface area contributed by atoms with E-state index in [4.69, 9.17) is 0 Å². The highest BCUT2D eigenvalue weighted by Gasteiger charge is 2.29. The van der Waals surface area contributed by atoms with Crippen LogP contribution < -0.4 is 10.2 Å². The van der Waals surface area contributed by atoms with Crippen LogP contribution in [0.2, 0.25) is 0 Å². The van der Waals surface area contributed by atoms with E-state index in [2.05, 4.69) is 44.3 Å². The molecule has 2 aromatic rings. The Hall–Kier alpha value is -1.94. The third kappa shape index (κ3) is 3.75. The molecule has 24 heavy (non-hydrogen) atoms. The molecule has 2 aromatic carbocycles. The van der Waals surface area contributed by atoms with Gasteiger partial charge in [-0.25, -0.2) is 0 Å². The summed E-state index contributed by atoms with van der Waals surface area (Å²) in [6, 6.07) is 16.6. The Balaban J connectivity index is 1.85. The van der Waals surface area contributed by atoms with Gasteiger partial charge in [-0.3, -0.25) is 4.79 Å². The molecule has 1 aliphatic heterocycles. The van der Waals surface area contributed by atoms with E-state index in [-0.39, 0.29) is 11.9 Å². The zero-order chi connectivity index (χ0) is 17.1. The predicted octanol–water partition coefficient (Wildman–Crippen LogP) is 5.30. The van der Waals surface area contributed by atoms with Gasteiger partial charge in [0.2, 0.25) is 5.91 Å². The van der Waals surface area contributed by atoms with Crippen molar-refractivity contribution in [3.05, 3.63) is 48.5 Å². The fraction of sp³-hybridized carbons (Fsp3) is 0.350. The molecule has 0 fully saturated rings. The SMILES string of the molecule is CC(C)CC(C)N1C(=O)CSc2cc(Nc3ccccc3)ccc21. The Morgan fingerprint density at radius 2 is 1.83 bits per heavy atom. The van der Waals surface area contributed by atoms with Crippen molar-refractivity contribution in [3.63, 3.8) is 0 Å².